The van der Waals surface area contributed by atoms with Crippen LogP contribution in [0.5, 0.6) is 0 Å². The number of aromatic nitrogens is 5. The molecule has 0 aliphatic heterocycles. The van der Waals surface area contributed by atoms with E-state index in [0.29, 0.717) is 32.9 Å². The highest BCUT2D eigenvalue weighted by molar-refractivity contribution is 7.21. The lowest BCUT2D eigenvalue weighted by molar-refractivity contribution is -0.119. The molecule has 13 heteroatoms. The van der Waals surface area contributed by atoms with Gasteiger partial charge in [-0.05, 0) is 32.4 Å². The first-order chi connectivity index (χ1) is 16.0. The Morgan fingerprint density at radius 3 is 2.50 bits per heavy atom. The number of pyridine rings is 1. The summed E-state index contributed by atoms with van der Waals surface area (Å²) >= 11 is 6.90. The third-order valence-electron chi connectivity index (χ3n) is 5.54. The quantitative estimate of drug-likeness (QED) is 0.400. The Hall–Kier alpha value is -3.38. The van der Waals surface area contributed by atoms with Gasteiger partial charge in [0.2, 0.25) is 5.91 Å². The van der Waals surface area contributed by atoms with E-state index in [0.717, 1.165) is 11.3 Å². The molecule has 1 atom stereocenters. The number of carbonyl (C=O) groups excluding carboxylic acids is 2. The average Bonchev–Trinajstić information content (AvgIpc) is 3.43. The maximum atomic E-state index is 13.6. The van der Waals surface area contributed by atoms with E-state index >= 15 is 0 Å². The zero-order chi connectivity index (χ0) is 24.9. The van der Waals surface area contributed by atoms with Gasteiger partial charge < -0.3 is 11.1 Å². The van der Waals surface area contributed by atoms with Crippen molar-refractivity contribution in [3.8, 4) is 11.1 Å². The number of halogens is 3. The van der Waals surface area contributed by atoms with Crippen LogP contribution in [0, 0.1) is 13.8 Å². The van der Waals surface area contributed by atoms with Crippen LogP contribution in [0.1, 0.15) is 46.1 Å². The SMILES string of the molecule is Cc1nn(C(C)C(=O)Nc2c(C(N)=O)sc3nc(C(F)F)cc(-c4cnn(C)c4C)c23)cc1Cl. The molecule has 4 rings (SSSR count). The molecule has 3 N–H and O–H groups in total. The van der Waals surface area contributed by atoms with Crippen LogP contribution in [0.15, 0.2) is 18.5 Å². The van der Waals surface area contributed by atoms with Crippen molar-refractivity contribution in [3.63, 3.8) is 0 Å². The Labute approximate surface area is 201 Å². The maximum Gasteiger partial charge on any atom is 0.280 e. The fourth-order valence-corrected chi connectivity index (χ4v) is 4.66. The second-order valence-corrected chi connectivity index (χ2v) is 9.13. The number of nitrogens with zero attached hydrogens (tertiary/aromatic N) is 5. The zero-order valence-electron chi connectivity index (χ0n) is 18.6. The molecule has 4 aromatic heterocycles. The number of fused-ring (bicyclic) bond motifs is 1. The van der Waals surface area contributed by atoms with Crippen molar-refractivity contribution in [2.24, 2.45) is 12.8 Å². The highest BCUT2D eigenvalue weighted by atomic mass is 35.5. The normalized spacial score (nSPS) is 12.5. The van der Waals surface area contributed by atoms with Crippen molar-refractivity contribution >= 4 is 50.7 Å². The molecule has 0 fully saturated rings. The molecule has 0 bridgehead atoms. The summed E-state index contributed by atoms with van der Waals surface area (Å²) in [6.07, 6.45) is 0.206. The van der Waals surface area contributed by atoms with Gasteiger partial charge in [0, 0.05) is 29.9 Å². The first kappa shape index (κ1) is 23.8. The van der Waals surface area contributed by atoms with Crippen molar-refractivity contribution in [1.29, 1.82) is 0 Å². The first-order valence-corrected chi connectivity index (χ1v) is 11.3. The summed E-state index contributed by atoms with van der Waals surface area (Å²) in [5.41, 5.74) is 7.39. The van der Waals surface area contributed by atoms with Crippen LogP contribution in [0.2, 0.25) is 5.02 Å². The molecule has 0 aliphatic carbocycles. The second-order valence-electron chi connectivity index (χ2n) is 7.72. The Kier molecular flexibility index (Phi) is 6.13. The van der Waals surface area contributed by atoms with Crippen LogP contribution < -0.4 is 11.1 Å². The average molecular weight is 508 g/mol. The van der Waals surface area contributed by atoms with Crippen molar-refractivity contribution < 1.29 is 18.4 Å². The standard InChI is InChI=1S/C21H20ClF2N7O2S/c1-8-13(22)7-31(29-8)10(3)20(33)28-16-15-11(12-6-26-30(4)9(12)2)5-14(18(23)24)27-21(15)34-17(16)19(25)32/h5-7,10,18H,1-4H3,(H2,25,32)(H,28,33). The molecule has 0 radical (unpaired) electrons. The van der Waals surface area contributed by atoms with E-state index in [1.807, 2.05) is 0 Å². The van der Waals surface area contributed by atoms with Crippen molar-refractivity contribution in [3.05, 3.63) is 45.4 Å². The number of amides is 2. The van der Waals surface area contributed by atoms with Crippen molar-refractivity contribution in [2.75, 3.05) is 5.32 Å². The van der Waals surface area contributed by atoms with Gasteiger partial charge in [-0.3, -0.25) is 19.0 Å². The van der Waals surface area contributed by atoms with Gasteiger partial charge in [-0.25, -0.2) is 13.8 Å². The van der Waals surface area contributed by atoms with Crippen LogP contribution in [0.3, 0.4) is 0 Å². The number of hydrogen-bond donors (Lipinski definition) is 2. The van der Waals surface area contributed by atoms with E-state index in [2.05, 4.69) is 20.5 Å². The molecule has 178 valence electrons. The van der Waals surface area contributed by atoms with E-state index in [1.54, 1.807) is 32.5 Å². The summed E-state index contributed by atoms with van der Waals surface area (Å²) in [6, 6.07) is 0.447. The van der Waals surface area contributed by atoms with Gasteiger partial charge in [-0.15, -0.1) is 11.3 Å². The lowest BCUT2D eigenvalue weighted by Crippen LogP contribution is -2.25. The Bertz CT molecular complexity index is 1420. The molecule has 9 nitrogen and oxygen atoms in total. The fraction of sp³-hybridized carbons (Fsp3) is 0.286. The minimum absolute atomic E-state index is 0.00746. The molecule has 4 aromatic rings. The topological polar surface area (TPSA) is 121 Å². The second kappa shape index (κ2) is 8.76. The highest BCUT2D eigenvalue weighted by Crippen LogP contribution is 2.43. The number of primary amides is 1. The molecular weight excluding hydrogens is 488 g/mol. The van der Waals surface area contributed by atoms with Crippen LogP contribution in [-0.2, 0) is 11.8 Å². The van der Waals surface area contributed by atoms with Crippen LogP contribution >= 0.6 is 22.9 Å². The molecule has 0 aliphatic rings. The Balaban J connectivity index is 1.91. The minimum Gasteiger partial charge on any atom is -0.365 e. The van der Waals surface area contributed by atoms with E-state index < -0.39 is 30.0 Å². The predicted molar refractivity (Wildman–Crippen MR) is 125 cm³/mol. The molecule has 34 heavy (non-hydrogen) atoms. The summed E-state index contributed by atoms with van der Waals surface area (Å²) in [5.74, 6) is -1.33. The van der Waals surface area contributed by atoms with Gasteiger partial charge in [0.05, 0.1) is 22.6 Å². The van der Waals surface area contributed by atoms with Gasteiger partial charge >= 0.3 is 0 Å². The minimum atomic E-state index is -2.84. The van der Waals surface area contributed by atoms with E-state index in [4.69, 9.17) is 17.3 Å². The smallest absolute Gasteiger partial charge is 0.280 e. The van der Waals surface area contributed by atoms with Gasteiger partial charge in [0.1, 0.15) is 21.4 Å². The number of nitrogens with one attached hydrogen (secondary N) is 1. The summed E-state index contributed by atoms with van der Waals surface area (Å²) in [5, 5.41) is 11.9. The van der Waals surface area contributed by atoms with Crippen molar-refractivity contribution in [1.82, 2.24) is 24.5 Å². The number of aryl methyl sites for hydroxylation is 2. The maximum absolute atomic E-state index is 13.6. The molecule has 0 aromatic carbocycles. The molecule has 1 unspecified atom stereocenters. The van der Waals surface area contributed by atoms with E-state index in [9.17, 15) is 18.4 Å². The predicted octanol–water partition coefficient (Wildman–Crippen LogP) is 4.40. The lowest BCUT2D eigenvalue weighted by atomic mass is 10.0. The lowest BCUT2D eigenvalue weighted by Gasteiger charge is -2.14. The van der Waals surface area contributed by atoms with Crippen LogP contribution in [0.4, 0.5) is 14.5 Å². The molecular formula is C21H20ClF2N7O2S. The summed E-state index contributed by atoms with van der Waals surface area (Å²) < 4.78 is 30.3. The number of carbonyl (C=O) groups is 2. The van der Waals surface area contributed by atoms with Crippen LogP contribution in [0.25, 0.3) is 21.3 Å². The zero-order valence-corrected chi connectivity index (χ0v) is 20.1. The summed E-state index contributed by atoms with van der Waals surface area (Å²) in [7, 11) is 1.72. The number of thiophene rings is 1. The number of rotatable bonds is 6. The number of alkyl halides is 2. The van der Waals surface area contributed by atoms with Gasteiger partial charge in [-0.1, -0.05) is 11.6 Å². The molecule has 0 saturated carbocycles. The first-order valence-electron chi connectivity index (χ1n) is 10.1. The molecule has 0 saturated heterocycles. The largest absolute Gasteiger partial charge is 0.365 e. The van der Waals surface area contributed by atoms with Gasteiger partial charge in [0.15, 0.2) is 0 Å². The van der Waals surface area contributed by atoms with Gasteiger partial charge in [0.25, 0.3) is 12.3 Å². The van der Waals surface area contributed by atoms with E-state index in [1.165, 1.54) is 23.1 Å². The third-order valence-corrected chi connectivity index (χ3v) is 7.01. The highest BCUT2D eigenvalue weighted by Gasteiger charge is 2.27. The van der Waals surface area contributed by atoms with E-state index in [-0.39, 0.29) is 15.4 Å². The molecule has 4 heterocycles. The number of anilines is 1. The Morgan fingerprint density at radius 2 is 1.97 bits per heavy atom. The number of nitrogens with two attached hydrogens (primary N) is 1. The molecule has 0 spiro atoms. The summed E-state index contributed by atoms with van der Waals surface area (Å²) in [4.78, 5) is 29.5. The summed E-state index contributed by atoms with van der Waals surface area (Å²) in [6.45, 7) is 5.09. The van der Waals surface area contributed by atoms with Crippen molar-refractivity contribution in [2.45, 2.75) is 33.2 Å². The van der Waals surface area contributed by atoms with Gasteiger partial charge in [-0.2, -0.15) is 10.2 Å². The monoisotopic (exact) mass is 507 g/mol. The Morgan fingerprint density at radius 1 is 1.26 bits per heavy atom. The molecule has 2 amide bonds. The van der Waals surface area contributed by atoms with Crippen LogP contribution in [-0.4, -0.2) is 36.4 Å². The fourth-order valence-electron chi connectivity index (χ4n) is 3.50. The number of hydrogen-bond acceptors (Lipinski definition) is 6. The third kappa shape index (κ3) is 4.03.